The molecule has 1 N–H and O–H groups in total. The molecule has 3 rings (SSSR count). The maximum absolute atomic E-state index is 13.7. The van der Waals surface area contributed by atoms with E-state index >= 15 is 0 Å². The second kappa shape index (κ2) is 8.46. The molecule has 1 aliphatic rings. The molecule has 1 aromatic carbocycles. The van der Waals surface area contributed by atoms with Crippen molar-refractivity contribution < 1.29 is 18.7 Å². The fourth-order valence-corrected chi connectivity index (χ4v) is 3.15. The molecule has 2 aromatic rings. The molecule has 0 saturated carbocycles. The van der Waals surface area contributed by atoms with E-state index in [-0.39, 0.29) is 18.3 Å². The van der Waals surface area contributed by atoms with Gasteiger partial charge in [0.05, 0.1) is 0 Å². The molecule has 138 valence electrons. The number of nitrogens with zero attached hydrogens (tertiary/aromatic N) is 2. The van der Waals surface area contributed by atoms with Crippen LogP contribution in [0.3, 0.4) is 0 Å². The molecule has 26 heavy (non-hydrogen) atoms. The summed E-state index contributed by atoms with van der Waals surface area (Å²) in [5.74, 6) is -1.01. The van der Waals surface area contributed by atoms with Crippen molar-refractivity contribution in [1.82, 2.24) is 14.8 Å². The summed E-state index contributed by atoms with van der Waals surface area (Å²) in [6.07, 6.45) is 1.62. The van der Waals surface area contributed by atoms with Gasteiger partial charge in [-0.3, -0.25) is 9.69 Å². The molecule has 1 amide bonds. The van der Waals surface area contributed by atoms with E-state index in [2.05, 4.69) is 25.8 Å². The highest BCUT2D eigenvalue weighted by atomic mass is 79.9. The maximum atomic E-state index is 13.7. The number of esters is 1. The Balaban J connectivity index is 1.43. The van der Waals surface area contributed by atoms with Gasteiger partial charge in [-0.15, -0.1) is 0 Å². The minimum Gasteiger partial charge on any atom is -0.451 e. The summed E-state index contributed by atoms with van der Waals surface area (Å²) < 4.78 is 19.5. The lowest BCUT2D eigenvalue weighted by molar-refractivity contribution is -0.136. The number of halogens is 2. The molecule has 1 saturated heterocycles. The highest BCUT2D eigenvalue weighted by Crippen LogP contribution is 2.13. The summed E-state index contributed by atoms with van der Waals surface area (Å²) in [5.41, 5.74) is 0.942. The Morgan fingerprint density at radius 2 is 1.92 bits per heavy atom. The molecule has 0 spiro atoms. The second-order valence-electron chi connectivity index (χ2n) is 6.06. The number of aromatic nitrogens is 1. The minimum atomic E-state index is -0.567. The zero-order valence-corrected chi connectivity index (χ0v) is 15.7. The molecule has 0 unspecified atom stereocenters. The van der Waals surface area contributed by atoms with Gasteiger partial charge < -0.3 is 14.6 Å². The highest BCUT2D eigenvalue weighted by molar-refractivity contribution is 9.10. The van der Waals surface area contributed by atoms with Gasteiger partial charge in [-0.05, 0) is 28.1 Å². The van der Waals surface area contributed by atoms with Crippen LogP contribution in [-0.2, 0) is 16.1 Å². The van der Waals surface area contributed by atoms with E-state index in [1.807, 2.05) is 6.07 Å². The molecule has 2 heterocycles. The van der Waals surface area contributed by atoms with E-state index in [1.54, 1.807) is 29.3 Å². The van der Waals surface area contributed by atoms with Crippen molar-refractivity contribution in [2.24, 2.45) is 0 Å². The third-order valence-corrected chi connectivity index (χ3v) is 4.73. The number of amides is 1. The van der Waals surface area contributed by atoms with E-state index in [4.69, 9.17) is 4.74 Å². The number of ether oxygens (including phenoxy) is 1. The molecule has 0 radical (unpaired) electrons. The van der Waals surface area contributed by atoms with Gasteiger partial charge in [-0.25, -0.2) is 9.18 Å². The summed E-state index contributed by atoms with van der Waals surface area (Å²) in [6.45, 7) is 2.58. The summed E-state index contributed by atoms with van der Waals surface area (Å²) in [4.78, 5) is 30.6. The van der Waals surface area contributed by atoms with Crippen molar-refractivity contribution in [3.63, 3.8) is 0 Å². The van der Waals surface area contributed by atoms with Crippen LogP contribution in [0.5, 0.6) is 0 Å². The first-order valence-electron chi connectivity index (χ1n) is 8.27. The molecule has 6 nitrogen and oxygen atoms in total. The van der Waals surface area contributed by atoms with Crippen LogP contribution in [0, 0.1) is 5.82 Å². The molecule has 0 aliphatic carbocycles. The Morgan fingerprint density at radius 3 is 2.58 bits per heavy atom. The first-order valence-corrected chi connectivity index (χ1v) is 9.07. The first kappa shape index (κ1) is 18.6. The van der Waals surface area contributed by atoms with Crippen LogP contribution in [0.4, 0.5) is 4.39 Å². The number of nitrogens with one attached hydrogen (secondary N) is 1. The Labute approximate surface area is 159 Å². The predicted octanol–water partition coefficient (Wildman–Crippen LogP) is 2.42. The van der Waals surface area contributed by atoms with E-state index in [9.17, 15) is 14.0 Å². The zero-order chi connectivity index (χ0) is 18.5. The van der Waals surface area contributed by atoms with Gasteiger partial charge >= 0.3 is 5.97 Å². The Bertz CT molecular complexity index is 787. The number of carbonyl (C=O) groups excluding carboxylic acids is 2. The number of carbonyl (C=O) groups is 2. The normalized spacial score (nSPS) is 15.1. The van der Waals surface area contributed by atoms with Crippen LogP contribution in [0.15, 0.2) is 41.0 Å². The van der Waals surface area contributed by atoms with Gasteiger partial charge in [0.25, 0.3) is 5.91 Å². The fraction of sp³-hybridized carbons (Fsp3) is 0.333. The van der Waals surface area contributed by atoms with Crippen LogP contribution < -0.4 is 0 Å². The lowest BCUT2D eigenvalue weighted by Gasteiger charge is -2.34. The fourth-order valence-electron chi connectivity index (χ4n) is 2.81. The number of rotatable bonds is 5. The number of hydrogen-bond donors (Lipinski definition) is 1. The largest absolute Gasteiger partial charge is 0.451 e. The van der Waals surface area contributed by atoms with Crippen LogP contribution in [-0.4, -0.2) is 59.4 Å². The van der Waals surface area contributed by atoms with E-state index < -0.39 is 5.97 Å². The lowest BCUT2D eigenvalue weighted by atomic mass is 10.2. The highest BCUT2D eigenvalue weighted by Gasteiger charge is 2.23. The van der Waals surface area contributed by atoms with E-state index in [1.165, 1.54) is 6.07 Å². The van der Waals surface area contributed by atoms with Crippen molar-refractivity contribution in [2.75, 3.05) is 32.8 Å². The van der Waals surface area contributed by atoms with Crippen molar-refractivity contribution in [1.29, 1.82) is 0 Å². The topological polar surface area (TPSA) is 65.6 Å². The number of hydrogen-bond acceptors (Lipinski definition) is 4. The number of piperazine rings is 1. The third kappa shape index (κ3) is 4.70. The number of aromatic amines is 1. The first-order chi connectivity index (χ1) is 12.5. The van der Waals surface area contributed by atoms with Crippen molar-refractivity contribution >= 4 is 27.8 Å². The average molecular weight is 424 g/mol. The van der Waals surface area contributed by atoms with E-state index in [0.717, 1.165) is 4.47 Å². The van der Waals surface area contributed by atoms with Crippen LogP contribution >= 0.6 is 15.9 Å². The molecule has 1 fully saturated rings. The monoisotopic (exact) mass is 423 g/mol. The van der Waals surface area contributed by atoms with Gasteiger partial charge in [-0.1, -0.05) is 18.2 Å². The van der Waals surface area contributed by atoms with Gasteiger partial charge in [0.15, 0.2) is 6.61 Å². The Hall–Kier alpha value is -2.19. The Kier molecular flexibility index (Phi) is 6.05. The lowest BCUT2D eigenvalue weighted by Crippen LogP contribution is -2.49. The molecule has 1 aromatic heterocycles. The van der Waals surface area contributed by atoms with Crippen molar-refractivity contribution in [2.45, 2.75) is 6.54 Å². The SMILES string of the molecule is O=C(OCC(=O)N1CCN(Cc2ccccc2F)CC1)c1cc(Br)c[nH]1. The third-order valence-electron chi connectivity index (χ3n) is 4.27. The molecular formula is C18H19BrFN3O3. The maximum Gasteiger partial charge on any atom is 0.355 e. The van der Waals surface area contributed by atoms with Gasteiger partial charge in [0.2, 0.25) is 0 Å². The van der Waals surface area contributed by atoms with Crippen molar-refractivity contribution in [3.8, 4) is 0 Å². The summed E-state index contributed by atoms with van der Waals surface area (Å²) >= 11 is 3.23. The molecular weight excluding hydrogens is 405 g/mol. The van der Waals surface area contributed by atoms with E-state index in [0.29, 0.717) is 44.0 Å². The quantitative estimate of drug-likeness (QED) is 0.749. The number of H-pyrrole nitrogens is 1. The second-order valence-corrected chi connectivity index (χ2v) is 6.97. The van der Waals surface area contributed by atoms with Crippen LogP contribution in [0.25, 0.3) is 0 Å². The van der Waals surface area contributed by atoms with Crippen LogP contribution in [0.2, 0.25) is 0 Å². The molecule has 8 heteroatoms. The van der Waals surface area contributed by atoms with Crippen LogP contribution in [0.1, 0.15) is 16.1 Å². The summed E-state index contributed by atoms with van der Waals surface area (Å²) in [6, 6.07) is 8.30. The minimum absolute atomic E-state index is 0.214. The average Bonchev–Trinajstić information content (AvgIpc) is 3.08. The smallest absolute Gasteiger partial charge is 0.355 e. The zero-order valence-electron chi connectivity index (χ0n) is 14.1. The van der Waals surface area contributed by atoms with Gasteiger partial charge in [0.1, 0.15) is 11.5 Å². The molecule has 0 bridgehead atoms. The number of benzene rings is 1. The van der Waals surface area contributed by atoms with Gasteiger partial charge in [-0.2, -0.15) is 0 Å². The van der Waals surface area contributed by atoms with Gasteiger partial charge in [0, 0.05) is 49.0 Å². The Morgan fingerprint density at radius 1 is 1.19 bits per heavy atom. The summed E-state index contributed by atoms with van der Waals surface area (Å²) in [7, 11) is 0. The van der Waals surface area contributed by atoms with Crippen molar-refractivity contribution in [3.05, 3.63) is 58.1 Å². The molecule has 0 atom stereocenters. The molecule has 1 aliphatic heterocycles. The summed E-state index contributed by atoms with van der Waals surface area (Å²) in [5, 5.41) is 0. The predicted molar refractivity (Wildman–Crippen MR) is 97.0 cm³/mol. The standard InChI is InChI=1S/C18H19BrFN3O3/c19-14-9-16(21-10-14)18(25)26-12-17(24)23-7-5-22(6-8-23)11-13-3-1-2-4-15(13)20/h1-4,9-10,21H,5-8,11-12H2.